The smallest absolute Gasteiger partial charge is 0.173 e. The Kier molecular flexibility index (Phi) is 9.59. The summed E-state index contributed by atoms with van der Waals surface area (Å²) < 4.78 is 4.79. The van der Waals surface area contributed by atoms with Crippen molar-refractivity contribution < 1.29 is 9.13 Å². The number of nitrogens with zero attached hydrogens (tertiary/aromatic N) is 4. The zero-order chi connectivity index (χ0) is 26.2. The maximum Gasteiger partial charge on any atom is 0.173 e. The molecule has 1 aromatic carbocycles. The molecule has 38 heavy (non-hydrogen) atoms. The molecule has 5 rings (SSSR count). The van der Waals surface area contributed by atoms with Gasteiger partial charge in [-0.3, -0.25) is 9.80 Å². The molecule has 0 radical (unpaired) electrons. The standard InChI is InChI=1S/C34H48N4/c1-35-21-9-15-33(35)31-13-7-25-37(27-31)23-5-3-11-29-17-19-30(20-18-29)12-4-6-24-38-26-8-14-32(28-38)34-16-10-22-36(34)2/h7-8,13-14,17-20,25-28,33-34H,3-6,9-12,15-16,21-24H2,1-2H3/q+2/t33-,34-/m0/s1. The summed E-state index contributed by atoms with van der Waals surface area (Å²) >= 11 is 0. The van der Waals surface area contributed by atoms with Crippen molar-refractivity contribution in [2.24, 2.45) is 0 Å². The number of rotatable bonds is 12. The molecule has 4 heteroatoms. The van der Waals surface area contributed by atoms with Gasteiger partial charge in [0.15, 0.2) is 24.8 Å². The van der Waals surface area contributed by atoms with E-state index in [0.717, 1.165) is 13.1 Å². The van der Waals surface area contributed by atoms with E-state index in [0.29, 0.717) is 12.1 Å². The summed E-state index contributed by atoms with van der Waals surface area (Å²) in [6.45, 7) is 4.68. The molecule has 2 atom stereocenters. The third kappa shape index (κ3) is 7.30. The van der Waals surface area contributed by atoms with Gasteiger partial charge in [-0.2, -0.15) is 0 Å². The molecule has 0 unspecified atom stereocenters. The first-order chi connectivity index (χ1) is 18.7. The first-order valence-corrected chi connectivity index (χ1v) is 15.1. The van der Waals surface area contributed by atoms with Crippen LogP contribution in [0.4, 0.5) is 0 Å². The highest BCUT2D eigenvalue weighted by molar-refractivity contribution is 5.22. The van der Waals surface area contributed by atoms with Gasteiger partial charge in [0.2, 0.25) is 0 Å². The van der Waals surface area contributed by atoms with Crippen LogP contribution >= 0.6 is 0 Å². The van der Waals surface area contributed by atoms with Crippen LogP contribution in [0.5, 0.6) is 0 Å². The third-order valence-electron chi connectivity index (χ3n) is 8.86. The summed E-state index contributed by atoms with van der Waals surface area (Å²) in [4.78, 5) is 4.99. The number of hydrogen-bond donors (Lipinski definition) is 0. The Morgan fingerprint density at radius 1 is 0.632 bits per heavy atom. The van der Waals surface area contributed by atoms with Gasteiger partial charge in [-0.1, -0.05) is 24.3 Å². The highest BCUT2D eigenvalue weighted by Gasteiger charge is 2.25. The molecule has 0 N–H and O–H groups in total. The molecule has 0 amide bonds. The fourth-order valence-corrected chi connectivity index (χ4v) is 6.54. The maximum atomic E-state index is 2.50. The summed E-state index contributed by atoms with van der Waals surface area (Å²) in [5.41, 5.74) is 5.91. The summed E-state index contributed by atoms with van der Waals surface area (Å²) in [6, 6.07) is 19.7. The van der Waals surface area contributed by atoms with Gasteiger partial charge in [-0.15, -0.1) is 0 Å². The van der Waals surface area contributed by atoms with Gasteiger partial charge in [0.25, 0.3) is 0 Å². The SMILES string of the molecule is CN1CCC[C@H]1c1ccc[n+](CCCCc2ccc(CCCC[n+]3cccc([C@@H]4CCCN4C)c3)cc2)c1. The van der Waals surface area contributed by atoms with E-state index in [9.17, 15) is 0 Å². The van der Waals surface area contributed by atoms with Gasteiger partial charge < -0.3 is 0 Å². The van der Waals surface area contributed by atoms with E-state index >= 15 is 0 Å². The molecule has 2 aliphatic rings. The van der Waals surface area contributed by atoms with Crippen LogP contribution < -0.4 is 9.13 Å². The lowest BCUT2D eigenvalue weighted by Gasteiger charge is -2.18. The van der Waals surface area contributed by atoms with Crippen LogP contribution in [0.1, 0.15) is 85.7 Å². The Balaban J connectivity index is 0.995. The lowest BCUT2D eigenvalue weighted by Crippen LogP contribution is -2.34. The van der Waals surface area contributed by atoms with E-state index < -0.39 is 0 Å². The van der Waals surface area contributed by atoms with Gasteiger partial charge in [0.1, 0.15) is 13.1 Å². The Morgan fingerprint density at radius 2 is 1.08 bits per heavy atom. The van der Waals surface area contributed by atoms with Gasteiger partial charge >= 0.3 is 0 Å². The summed E-state index contributed by atoms with van der Waals surface area (Å²) in [5, 5.41) is 0. The Labute approximate surface area is 230 Å². The molecule has 2 aromatic heterocycles. The molecular formula is C34H48N4+2. The van der Waals surface area contributed by atoms with Crippen molar-refractivity contribution in [3.8, 4) is 0 Å². The van der Waals surface area contributed by atoms with Gasteiger partial charge in [0, 0.05) is 48.2 Å². The number of likely N-dealkylation sites (tertiary alicyclic amines) is 2. The average Bonchev–Trinajstić information content (AvgIpc) is 3.58. The van der Waals surface area contributed by atoms with Crippen LogP contribution in [0.2, 0.25) is 0 Å². The largest absolute Gasteiger partial charge is 0.299 e. The Hall–Kier alpha value is -2.56. The predicted molar refractivity (Wildman–Crippen MR) is 155 cm³/mol. The number of pyridine rings is 2. The van der Waals surface area contributed by atoms with Crippen LogP contribution in [0, 0.1) is 0 Å². The Morgan fingerprint density at radius 3 is 1.47 bits per heavy atom. The van der Waals surface area contributed by atoms with E-state index in [-0.39, 0.29) is 0 Å². The van der Waals surface area contributed by atoms with Crippen LogP contribution in [0.25, 0.3) is 0 Å². The fraction of sp³-hybridized carbons (Fsp3) is 0.529. The van der Waals surface area contributed by atoms with E-state index in [2.05, 4.69) is 106 Å². The highest BCUT2D eigenvalue weighted by atomic mass is 15.2. The van der Waals surface area contributed by atoms with E-state index in [1.165, 1.54) is 99.6 Å². The van der Waals surface area contributed by atoms with E-state index in [1.807, 2.05) is 0 Å². The minimum absolute atomic E-state index is 0.606. The van der Waals surface area contributed by atoms with Crippen LogP contribution in [-0.2, 0) is 25.9 Å². The highest BCUT2D eigenvalue weighted by Crippen LogP contribution is 2.30. The van der Waals surface area contributed by atoms with Crippen LogP contribution in [0.15, 0.2) is 73.3 Å². The molecule has 4 nitrogen and oxygen atoms in total. The summed E-state index contributed by atoms with van der Waals surface area (Å²) in [6.07, 6.45) is 21.7. The van der Waals surface area contributed by atoms with Crippen LogP contribution in [-0.4, -0.2) is 37.0 Å². The quantitative estimate of drug-likeness (QED) is 0.224. The molecule has 3 aromatic rings. The zero-order valence-electron chi connectivity index (χ0n) is 23.8. The minimum atomic E-state index is 0.606. The van der Waals surface area contributed by atoms with Crippen molar-refractivity contribution in [3.63, 3.8) is 0 Å². The monoisotopic (exact) mass is 512 g/mol. The van der Waals surface area contributed by atoms with Crippen molar-refractivity contribution in [1.29, 1.82) is 0 Å². The second-order valence-corrected chi connectivity index (χ2v) is 11.8. The Bertz CT molecular complexity index is 1050. The van der Waals surface area contributed by atoms with Crippen LogP contribution in [0.3, 0.4) is 0 Å². The van der Waals surface area contributed by atoms with Gasteiger partial charge in [-0.05, 0) is 102 Å². The fourth-order valence-electron chi connectivity index (χ4n) is 6.54. The van der Waals surface area contributed by atoms with Gasteiger partial charge in [-0.25, -0.2) is 9.13 Å². The van der Waals surface area contributed by atoms with Crippen molar-refractivity contribution in [2.45, 2.75) is 89.4 Å². The van der Waals surface area contributed by atoms with Gasteiger partial charge in [0.05, 0.1) is 0 Å². The molecule has 2 aliphatic heterocycles. The summed E-state index contributed by atoms with van der Waals surface area (Å²) in [5.74, 6) is 0. The average molecular weight is 513 g/mol. The first kappa shape index (κ1) is 27.0. The zero-order valence-corrected chi connectivity index (χ0v) is 23.8. The molecule has 2 saturated heterocycles. The lowest BCUT2D eigenvalue weighted by atomic mass is 10.0. The maximum absolute atomic E-state index is 2.50. The van der Waals surface area contributed by atoms with E-state index in [1.54, 1.807) is 0 Å². The molecule has 0 aliphatic carbocycles. The number of aryl methyl sites for hydroxylation is 4. The molecular weight excluding hydrogens is 464 g/mol. The molecule has 0 bridgehead atoms. The number of benzene rings is 1. The number of unbranched alkanes of at least 4 members (excludes halogenated alkanes) is 2. The minimum Gasteiger partial charge on any atom is -0.299 e. The van der Waals surface area contributed by atoms with E-state index in [4.69, 9.17) is 0 Å². The molecule has 2 fully saturated rings. The normalized spacial score (nSPS) is 20.4. The lowest BCUT2D eigenvalue weighted by molar-refractivity contribution is -0.698. The number of hydrogen-bond acceptors (Lipinski definition) is 2. The number of aromatic nitrogens is 2. The summed E-state index contributed by atoms with van der Waals surface area (Å²) in [7, 11) is 4.52. The van der Waals surface area contributed by atoms with Crippen molar-refractivity contribution in [3.05, 3.63) is 95.6 Å². The molecule has 0 saturated carbocycles. The molecule has 4 heterocycles. The van der Waals surface area contributed by atoms with Crippen molar-refractivity contribution in [2.75, 3.05) is 27.2 Å². The first-order valence-electron chi connectivity index (χ1n) is 15.1. The third-order valence-corrected chi connectivity index (χ3v) is 8.86. The second-order valence-electron chi connectivity index (χ2n) is 11.8. The molecule has 0 spiro atoms. The predicted octanol–water partition coefficient (Wildman–Crippen LogP) is 5.84. The van der Waals surface area contributed by atoms with Crippen molar-refractivity contribution in [1.82, 2.24) is 9.80 Å². The van der Waals surface area contributed by atoms with Crippen molar-refractivity contribution >= 4 is 0 Å². The topological polar surface area (TPSA) is 14.2 Å². The second kappa shape index (κ2) is 13.5. The molecule has 202 valence electrons.